The zero-order valence-corrected chi connectivity index (χ0v) is 14.4. The van der Waals surface area contributed by atoms with Crippen LogP contribution < -0.4 is 10.6 Å². The fraction of sp³-hybridized carbons (Fsp3) is 0.500. The maximum atomic E-state index is 12.6. The van der Waals surface area contributed by atoms with E-state index in [1.165, 1.54) is 0 Å². The molecule has 3 atom stereocenters. The predicted molar refractivity (Wildman–Crippen MR) is 89.5 cm³/mol. The Kier molecular flexibility index (Phi) is 5.37. The van der Waals surface area contributed by atoms with Crippen molar-refractivity contribution < 1.29 is 22.8 Å². The first kappa shape index (κ1) is 19.2. The quantitative estimate of drug-likeness (QED) is 0.836. The van der Waals surface area contributed by atoms with Gasteiger partial charge in [-0.25, -0.2) is 0 Å². The topological polar surface area (TPSA) is 85.2 Å². The summed E-state index contributed by atoms with van der Waals surface area (Å²) in [6.45, 7) is 0.936. The van der Waals surface area contributed by atoms with Crippen molar-refractivity contribution in [1.82, 2.24) is 15.5 Å². The van der Waals surface area contributed by atoms with Crippen molar-refractivity contribution in [3.8, 4) is 6.07 Å². The van der Waals surface area contributed by atoms with Gasteiger partial charge in [-0.05, 0) is 43.5 Å². The third kappa shape index (κ3) is 4.22. The van der Waals surface area contributed by atoms with Gasteiger partial charge in [0.15, 0.2) is 0 Å². The molecule has 0 saturated carbocycles. The van der Waals surface area contributed by atoms with Gasteiger partial charge >= 0.3 is 6.18 Å². The van der Waals surface area contributed by atoms with Gasteiger partial charge in [0.05, 0.1) is 17.7 Å². The summed E-state index contributed by atoms with van der Waals surface area (Å²) in [4.78, 5) is 26.3. The minimum absolute atomic E-state index is 0.127. The van der Waals surface area contributed by atoms with E-state index in [2.05, 4.69) is 16.7 Å². The SMILES string of the molecule is N#C[C@@H]1CCCN1C(=O)[C@@H]1CC(NC(=O)c2ccc(C(F)(F)F)cc2)CN1. The highest BCUT2D eigenvalue weighted by atomic mass is 19.4. The van der Waals surface area contributed by atoms with Crippen LogP contribution in [0.2, 0.25) is 0 Å². The Hall–Kier alpha value is -2.60. The third-order valence-electron chi connectivity index (χ3n) is 4.92. The summed E-state index contributed by atoms with van der Waals surface area (Å²) in [6.07, 6.45) is -2.61. The monoisotopic (exact) mass is 380 g/mol. The van der Waals surface area contributed by atoms with E-state index >= 15 is 0 Å². The van der Waals surface area contributed by atoms with Crippen LogP contribution in [-0.2, 0) is 11.0 Å². The van der Waals surface area contributed by atoms with E-state index < -0.39 is 29.7 Å². The standard InChI is InChI=1S/C18H19F3N4O2/c19-18(20,21)12-5-3-11(4-6-12)16(26)24-13-8-15(23-10-13)17(27)25-7-1-2-14(25)9-22/h3-6,13-15,23H,1-2,7-8,10H2,(H,24,26)/t13?,14-,15-/m0/s1. The van der Waals surface area contributed by atoms with Crippen LogP contribution >= 0.6 is 0 Å². The maximum absolute atomic E-state index is 12.6. The van der Waals surface area contributed by atoms with Crippen molar-refractivity contribution in [2.24, 2.45) is 0 Å². The van der Waals surface area contributed by atoms with Crippen LogP contribution in [0.1, 0.15) is 35.2 Å². The molecule has 144 valence electrons. The molecule has 2 N–H and O–H groups in total. The molecule has 1 aromatic rings. The normalized spacial score (nSPS) is 25.3. The molecule has 0 aliphatic carbocycles. The molecule has 9 heteroatoms. The first-order valence-electron chi connectivity index (χ1n) is 8.71. The summed E-state index contributed by atoms with van der Waals surface area (Å²) in [5.41, 5.74) is -0.688. The van der Waals surface area contributed by atoms with E-state index in [1.807, 2.05) is 0 Å². The number of nitriles is 1. The predicted octanol–water partition coefficient (Wildman–Crippen LogP) is 1.68. The van der Waals surface area contributed by atoms with Crippen LogP contribution in [0.25, 0.3) is 0 Å². The molecular weight excluding hydrogens is 361 g/mol. The number of nitrogens with zero attached hydrogens (tertiary/aromatic N) is 2. The Morgan fingerprint density at radius 2 is 1.96 bits per heavy atom. The van der Waals surface area contributed by atoms with E-state index in [9.17, 15) is 22.8 Å². The van der Waals surface area contributed by atoms with E-state index in [1.54, 1.807) is 4.90 Å². The van der Waals surface area contributed by atoms with Crippen LogP contribution in [-0.4, -0.2) is 47.9 Å². The van der Waals surface area contributed by atoms with Gasteiger partial charge in [0.25, 0.3) is 5.91 Å². The highest BCUT2D eigenvalue weighted by molar-refractivity contribution is 5.94. The lowest BCUT2D eigenvalue weighted by atomic mass is 10.1. The first-order valence-corrected chi connectivity index (χ1v) is 8.71. The number of amides is 2. The minimum Gasteiger partial charge on any atom is -0.348 e. The molecule has 1 unspecified atom stereocenters. The van der Waals surface area contributed by atoms with Crippen LogP contribution in [0.4, 0.5) is 13.2 Å². The molecule has 2 aliphatic rings. The van der Waals surface area contributed by atoms with Gasteiger partial charge in [-0.15, -0.1) is 0 Å². The van der Waals surface area contributed by atoms with Crippen LogP contribution in [0.15, 0.2) is 24.3 Å². The molecule has 2 heterocycles. The van der Waals surface area contributed by atoms with Crippen molar-refractivity contribution in [3.05, 3.63) is 35.4 Å². The van der Waals surface area contributed by atoms with Gasteiger partial charge in [0.2, 0.25) is 5.91 Å². The lowest BCUT2D eigenvalue weighted by Crippen LogP contribution is -2.45. The highest BCUT2D eigenvalue weighted by Crippen LogP contribution is 2.29. The van der Waals surface area contributed by atoms with Gasteiger partial charge in [-0.1, -0.05) is 0 Å². The summed E-state index contributed by atoms with van der Waals surface area (Å²) < 4.78 is 37.8. The summed E-state index contributed by atoms with van der Waals surface area (Å²) >= 11 is 0. The summed E-state index contributed by atoms with van der Waals surface area (Å²) in [5.74, 6) is -0.634. The number of hydrogen-bond acceptors (Lipinski definition) is 4. The van der Waals surface area contributed by atoms with Crippen molar-refractivity contribution >= 4 is 11.8 Å². The summed E-state index contributed by atoms with van der Waals surface area (Å²) in [7, 11) is 0. The molecular formula is C18H19F3N4O2. The van der Waals surface area contributed by atoms with Gasteiger partial charge in [0.1, 0.15) is 6.04 Å². The van der Waals surface area contributed by atoms with Crippen molar-refractivity contribution in [1.29, 1.82) is 5.26 Å². The molecule has 0 spiro atoms. The van der Waals surface area contributed by atoms with Gasteiger partial charge in [-0.2, -0.15) is 18.4 Å². The first-order chi connectivity index (χ1) is 12.8. The molecule has 6 nitrogen and oxygen atoms in total. The van der Waals surface area contributed by atoms with E-state index in [-0.39, 0.29) is 17.5 Å². The Bertz CT molecular complexity index is 757. The van der Waals surface area contributed by atoms with Gasteiger partial charge in [0, 0.05) is 24.7 Å². The second-order valence-electron chi connectivity index (χ2n) is 6.76. The number of carbonyl (C=O) groups excluding carboxylic acids is 2. The number of rotatable bonds is 3. The number of alkyl halides is 3. The fourth-order valence-corrected chi connectivity index (χ4v) is 3.48. The number of nitrogens with one attached hydrogen (secondary N) is 2. The molecule has 2 aliphatic heterocycles. The molecule has 2 amide bonds. The van der Waals surface area contributed by atoms with E-state index in [0.29, 0.717) is 25.9 Å². The van der Waals surface area contributed by atoms with Crippen LogP contribution in [0.3, 0.4) is 0 Å². The minimum atomic E-state index is -4.45. The molecule has 0 aromatic heterocycles. The molecule has 0 radical (unpaired) electrons. The second-order valence-corrected chi connectivity index (χ2v) is 6.76. The molecule has 2 fully saturated rings. The Morgan fingerprint density at radius 3 is 2.59 bits per heavy atom. The zero-order valence-electron chi connectivity index (χ0n) is 14.4. The molecule has 2 saturated heterocycles. The second kappa shape index (κ2) is 7.56. The average molecular weight is 380 g/mol. The molecule has 0 bridgehead atoms. The lowest BCUT2D eigenvalue weighted by Gasteiger charge is -2.23. The van der Waals surface area contributed by atoms with Crippen molar-refractivity contribution in [2.75, 3.05) is 13.1 Å². The molecule has 27 heavy (non-hydrogen) atoms. The molecule has 1 aromatic carbocycles. The smallest absolute Gasteiger partial charge is 0.348 e. The Morgan fingerprint density at radius 1 is 1.26 bits per heavy atom. The van der Waals surface area contributed by atoms with Crippen molar-refractivity contribution in [2.45, 2.75) is 43.6 Å². The molecule has 3 rings (SSSR count). The number of benzene rings is 1. The van der Waals surface area contributed by atoms with Gasteiger partial charge < -0.3 is 15.5 Å². The highest BCUT2D eigenvalue weighted by Gasteiger charge is 2.37. The van der Waals surface area contributed by atoms with E-state index in [4.69, 9.17) is 5.26 Å². The van der Waals surface area contributed by atoms with Crippen LogP contribution in [0, 0.1) is 11.3 Å². The largest absolute Gasteiger partial charge is 0.416 e. The Labute approximate surface area is 154 Å². The van der Waals surface area contributed by atoms with Crippen molar-refractivity contribution in [3.63, 3.8) is 0 Å². The number of carbonyl (C=O) groups is 2. The van der Waals surface area contributed by atoms with Gasteiger partial charge in [-0.3, -0.25) is 9.59 Å². The third-order valence-corrected chi connectivity index (χ3v) is 4.92. The Balaban J connectivity index is 1.56. The fourth-order valence-electron chi connectivity index (χ4n) is 3.48. The average Bonchev–Trinajstić information content (AvgIpc) is 3.29. The lowest BCUT2D eigenvalue weighted by molar-refractivity contribution is -0.137. The van der Waals surface area contributed by atoms with Crippen LogP contribution in [0.5, 0.6) is 0 Å². The number of likely N-dealkylation sites (tertiary alicyclic amines) is 1. The number of halogens is 3. The van der Waals surface area contributed by atoms with E-state index in [0.717, 1.165) is 30.7 Å². The maximum Gasteiger partial charge on any atom is 0.416 e. The summed E-state index contributed by atoms with van der Waals surface area (Å²) in [6, 6.07) is 4.93. The zero-order chi connectivity index (χ0) is 19.6. The summed E-state index contributed by atoms with van der Waals surface area (Å²) in [5, 5.41) is 14.9. The number of hydrogen-bond donors (Lipinski definition) is 2.